The van der Waals surface area contributed by atoms with Crippen molar-refractivity contribution >= 4 is 0 Å². The van der Waals surface area contributed by atoms with Crippen molar-refractivity contribution in [3.05, 3.63) is 11.6 Å². The molecule has 0 aromatic heterocycles. The molecule has 2 heteroatoms. The minimum atomic E-state index is 0.410. The number of nitrogens with two attached hydrogens (primary N) is 1. The van der Waals surface area contributed by atoms with E-state index in [9.17, 15) is 0 Å². The highest BCUT2D eigenvalue weighted by molar-refractivity contribution is 5.05. The van der Waals surface area contributed by atoms with Crippen molar-refractivity contribution in [1.82, 2.24) is 0 Å². The maximum atomic E-state index is 5.42. The van der Waals surface area contributed by atoms with Crippen LogP contribution in [-0.4, -0.2) is 19.3 Å². The van der Waals surface area contributed by atoms with Crippen molar-refractivity contribution in [3.63, 3.8) is 0 Å². The van der Waals surface area contributed by atoms with E-state index in [1.54, 1.807) is 0 Å². The summed E-state index contributed by atoms with van der Waals surface area (Å²) in [4.78, 5) is 0. The van der Waals surface area contributed by atoms with Gasteiger partial charge in [0.25, 0.3) is 0 Å². The van der Waals surface area contributed by atoms with Crippen molar-refractivity contribution in [2.24, 2.45) is 5.73 Å². The predicted octanol–water partition coefficient (Wildman–Crippen LogP) is 1.46. The topological polar surface area (TPSA) is 35.2 Å². The standard InChI is InChI=1S/C9H17NO/c1-8-7-9(3-2-5-10)4-6-11-8/h3,8H,2,4-7,10H2,1H3/b9-3-. The number of hydrogen-bond acceptors (Lipinski definition) is 2. The average molecular weight is 155 g/mol. The maximum absolute atomic E-state index is 5.42. The van der Waals surface area contributed by atoms with Crippen molar-refractivity contribution in [3.8, 4) is 0 Å². The summed E-state index contributed by atoms with van der Waals surface area (Å²) in [7, 11) is 0. The van der Waals surface area contributed by atoms with Gasteiger partial charge in [-0.1, -0.05) is 11.6 Å². The highest BCUT2D eigenvalue weighted by atomic mass is 16.5. The van der Waals surface area contributed by atoms with Gasteiger partial charge in [0.1, 0.15) is 0 Å². The molecule has 0 radical (unpaired) electrons. The Balaban J connectivity index is 2.32. The zero-order valence-electron chi connectivity index (χ0n) is 7.18. The second-order valence-electron chi connectivity index (χ2n) is 3.08. The number of hydrogen-bond donors (Lipinski definition) is 1. The molecular weight excluding hydrogens is 138 g/mol. The minimum absolute atomic E-state index is 0.410. The molecule has 1 atom stereocenters. The molecule has 1 aliphatic heterocycles. The Morgan fingerprint density at radius 2 is 2.55 bits per heavy atom. The first-order chi connectivity index (χ1) is 5.33. The summed E-state index contributed by atoms with van der Waals surface area (Å²) in [5.74, 6) is 0. The Morgan fingerprint density at radius 3 is 3.18 bits per heavy atom. The van der Waals surface area contributed by atoms with E-state index in [1.807, 2.05) is 0 Å². The number of ether oxygens (including phenoxy) is 1. The molecule has 2 N–H and O–H groups in total. The van der Waals surface area contributed by atoms with Crippen LogP contribution in [-0.2, 0) is 4.74 Å². The van der Waals surface area contributed by atoms with E-state index in [2.05, 4.69) is 13.0 Å². The molecule has 0 bridgehead atoms. The van der Waals surface area contributed by atoms with Crippen LogP contribution in [0.15, 0.2) is 11.6 Å². The van der Waals surface area contributed by atoms with Gasteiger partial charge < -0.3 is 10.5 Å². The Hall–Kier alpha value is -0.340. The molecule has 0 aromatic carbocycles. The Labute approximate surface area is 68.4 Å². The van der Waals surface area contributed by atoms with E-state index in [4.69, 9.17) is 10.5 Å². The molecule has 11 heavy (non-hydrogen) atoms. The zero-order valence-corrected chi connectivity index (χ0v) is 7.18. The van der Waals surface area contributed by atoms with Gasteiger partial charge in [-0.05, 0) is 32.7 Å². The van der Waals surface area contributed by atoms with Crippen LogP contribution in [0.5, 0.6) is 0 Å². The van der Waals surface area contributed by atoms with Crippen LogP contribution in [0.25, 0.3) is 0 Å². The van der Waals surface area contributed by atoms with Crippen LogP contribution >= 0.6 is 0 Å². The predicted molar refractivity (Wildman–Crippen MR) is 46.4 cm³/mol. The molecule has 0 aliphatic carbocycles. The van der Waals surface area contributed by atoms with Crippen LogP contribution < -0.4 is 5.73 Å². The van der Waals surface area contributed by atoms with E-state index in [-0.39, 0.29) is 0 Å². The molecule has 1 unspecified atom stereocenters. The Morgan fingerprint density at radius 1 is 1.73 bits per heavy atom. The van der Waals surface area contributed by atoms with Crippen LogP contribution in [0.3, 0.4) is 0 Å². The van der Waals surface area contributed by atoms with Crippen LogP contribution in [0.4, 0.5) is 0 Å². The fraction of sp³-hybridized carbons (Fsp3) is 0.778. The van der Waals surface area contributed by atoms with Gasteiger partial charge in [-0.2, -0.15) is 0 Å². The third kappa shape index (κ3) is 3.04. The second-order valence-corrected chi connectivity index (χ2v) is 3.08. The molecule has 2 nitrogen and oxygen atoms in total. The first kappa shape index (κ1) is 8.75. The molecule has 1 heterocycles. The molecule has 1 saturated heterocycles. The van der Waals surface area contributed by atoms with Crippen LogP contribution in [0, 0.1) is 0 Å². The Bertz CT molecular complexity index is 142. The fourth-order valence-electron chi connectivity index (χ4n) is 1.39. The normalized spacial score (nSPS) is 29.3. The summed E-state index contributed by atoms with van der Waals surface area (Å²) < 4.78 is 5.42. The zero-order chi connectivity index (χ0) is 8.10. The molecule has 0 aromatic rings. The van der Waals surface area contributed by atoms with Gasteiger partial charge in [-0.3, -0.25) is 0 Å². The van der Waals surface area contributed by atoms with Crippen LogP contribution in [0.2, 0.25) is 0 Å². The molecule has 1 fully saturated rings. The molecule has 1 aliphatic rings. The lowest BCUT2D eigenvalue weighted by molar-refractivity contribution is 0.0485. The maximum Gasteiger partial charge on any atom is 0.0584 e. The van der Waals surface area contributed by atoms with Gasteiger partial charge in [0.2, 0.25) is 0 Å². The van der Waals surface area contributed by atoms with Crippen molar-refractivity contribution in [2.45, 2.75) is 32.3 Å². The monoisotopic (exact) mass is 155 g/mol. The largest absolute Gasteiger partial charge is 0.378 e. The van der Waals surface area contributed by atoms with Gasteiger partial charge in [0.05, 0.1) is 12.7 Å². The summed E-state index contributed by atoms with van der Waals surface area (Å²) in [6.07, 6.45) is 5.89. The van der Waals surface area contributed by atoms with Gasteiger partial charge >= 0.3 is 0 Å². The fourth-order valence-corrected chi connectivity index (χ4v) is 1.39. The SMILES string of the molecule is CC1C/C(=C\CCN)CCO1. The molecule has 64 valence electrons. The van der Waals surface area contributed by atoms with E-state index >= 15 is 0 Å². The summed E-state index contributed by atoms with van der Waals surface area (Å²) in [5.41, 5.74) is 6.93. The summed E-state index contributed by atoms with van der Waals surface area (Å²) >= 11 is 0. The number of rotatable bonds is 2. The quantitative estimate of drug-likeness (QED) is 0.613. The van der Waals surface area contributed by atoms with Crippen molar-refractivity contribution in [2.75, 3.05) is 13.2 Å². The average Bonchev–Trinajstić information content (AvgIpc) is 2.01. The van der Waals surface area contributed by atoms with E-state index < -0.39 is 0 Å². The van der Waals surface area contributed by atoms with Crippen LogP contribution in [0.1, 0.15) is 26.2 Å². The first-order valence-electron chi connectivity index (χ1n) is 4.32. The van der Waals surface area contributed by atoms with Gasteiger partial charge in [-0.15, -0.1) is 0 Å². The first-order valence-corrected chi connectivity index (χ1v) is 4.32. The lowest BCUT2D eigenvalue weighted by atomic mass is 10.0. The summed E-state index contributed by atoms with van der Waals surface area (Å²) in [6.45, 7) is 3.77. The molecule has 1 rings (SSSR count). The van der Waals surface area contributed by atoms with Crippen molar-refractivity contribution < 1.29 is 4.74 Å². The van der Waals surface area contributed by atoms with Gasteiger partial charge in [0, 0.05) is 0 Å². The van der Waals surface area contributed by atoms with E-state index in [0.29, 0.717) is 6.10 Å². The lowest BCUT2D eigenvalue weighted by Crippen LogP contribution is -2.17. The minimum Gasteiger partial charge on any atom is -0.378 e. The molecule has 0 spiro atoms. The summed E-state index contributed by atoms with van der Waals surface area (Å²) in [6, 6.07) is 0. The molecule has 0 saturated carbocycles. The highest BCUT2D eigenvalue weighted by Crippen LogP contribution is 2.18. The molecular formula is C9H17NO. The lowest BCUT2D eigenvalue weighted by Gasteiger charge is -2.21. The third-order valence-electron chi connectivity index (χ3n) is 1.97. The smallest absolute Gasteiger partial charge is 0.0584 e. The Kier molecular flexibility index (Phi) is 3.60. The second kappa shape index (κ2) is 4.52. The van der Waals surface area contributed by atoms with Crippen molar-refractivity contribution in [1.29, 1.82) is 0 Å². The summed E-state index contributed by atoms with van der Waals surface area (Å²) in [5, 5.41) is 0. The van der Waals surface area contributed by atoms with E-state index in [0.717, 1.165) is 32.4 Å². The van der Waals surface area contributed by atoms with Gasteiger partial charge in [-0.25, -0.2) is 0 Å². The highest BCUT2D eigenvalue weighted by Gasteiger charge is 2.11. The third-order valence-corrected chi connectivity index (χ3v) is 1.97. The van der Waals surface area contributed by atoms with E-state index in [1.165, 1.54) is 5.57 Å². The molecule has 0 amide bonds. The van der Waals surface area contributed by atoms with Gasteiger partial charge in [0.15, 0.2) is 0 Å².